The van der Waals surface area contributed by atoms with Crippen molar-refractivity contribution in [3.63, 3.8) is 0 Å². The minimum atomic E-state index is -1.09. The zero-order valence-corrected chi connectivity index (χ0v) is 20.2. The normalized spacial score (nSPS) is 38.4. The molecule has 0 spiro atoms. The van der Waals surface area contributed by atoms with E-state index in [0.29, 0.717) is 32.4 Å². The van der Waals surface area contributed by atoms with Crippen LogP contribution < -0.4 is 0 Å². The average Bonchev–Trinajstić information content (AvgIpc) is 2.63. The molecule has 1 N–H and O–H groups in total. The third kappa shape index (κ3) is 4.17. The Bertz CT molecular complexity index is 671. The summed E-state index contributed by atoms with van der Waals surface area (Å²) in [6.45, 7) is 4.82. The Morgan fingerprint density at radius 2 is 2.00 bits per heavy atom. The highest BCUT2D eigenvalue weighted by Gasteiger charge is 2.68. The van der Waals surface area contributed by atoms with Crippen molar-refractivity contribution in [3.8, 4) is 0 Å². The van der Waals surface area contributed by atoms with Gasteiger partial charge in [0.15, 0.2) is 3.61 Å². The number of benzene rings is 1. The molecule has 150 valence electrons. The van der Waals surface area contributed by atoms with E-state index in [0.717, 1.165) is 23.9 Å². The first kappa shape index (κ1) is 21.7. The monoisotopic (exact) mass is 600 g/mol. The molecule has 0 aliphatic carbocycles. The third-order valence-electron chi connectivity index (χ3n) is 6.06. The number of alkyl halides is 2. The van der Waals surface area contributed by atoms with Crippen LogP contribution in [0, 0.1) is 5.92 Å². The molecule has 2 aliphatic rings. The van der Waals surface area contributed by atoms with Crippen LogP contribution in [0.5, 0.6) is 0 Å². The molecule has 5 atom stereocenters. The summed E-state index contributed by atoms with van der Waals surface area (Å²) in [6, 6.07) is 10.5. The molecule has 7 heteroatoms. The van der Waals surface area contributed by atoms with Gasteiger partial charge in [0.25, 0.3) is 0 Å². The van der Waals surface area contributed by atoms with Gasteiger partial charge in [0.1, 0.15) is 12.6 Å². The van der Waals surface area contributed by atoms with Crippen LogP contribution in [0.25, 0.3) is 0 Å². The van der Waals surface area contributed by atoms with Crippen LogP contribution >= 0.6 is 45.2 Å². The van der Waals surface area contributed by atoms with E-state index in [4.69, 9.17) is 9.47 Å². The second-order valence-corrected chi connectivity index (χ2v) is 11.4. The van der Waals surface area contributed by atoms with E-state index in [1.54, 1.807) is 0 Å². The Labute approximate surface area is 188 Å². The number of carbonyl (C=O) groups excluding carboxylic acids is 1. The molecular weight excluding hydrogens is 572 g/mol. The maximum absolute atomic E-state index is 12.8. The summed E-state index contributed by atoms with van der Waals surface area (Å²) in [7, 11) is 2.20. The minimum absolute atomic E-state index is 0.0727. The van der Waals surface area contributed by atoms with E-state index >= 15 is 0 Å². The topological polar surface area (TPSA) is 55.8 Å². The van der Waals surface area contributed by atoms with Crippen LogP contribution in [0.3, 0.4) is 0 Å². The largest absolute Gasteiger partial charge is 0.465 e. The molecule has 0 saturated carbocycles. The van der Waals surface area contributed by atoms with Crippen LogP contribution in [0.1, 0.15) is 25.3 Å². The maximum atomic E-state index is 12.8. The van der Waals surface area contributed by atoms with E-state index in [1.165, 1.54) is 5.56 Å². The van der Waals surface area contributed by atoms with Crippen molar-refractivity contribution in [3.05, 3.63) is 35.9 Å². The van der Waals surface area contributed by atoms with Gasteiger partial charge in [0.05, 0.1) is 33.4 Å². The Morgan fingerprint density at radius 1 is 1.30 bits per heavy atom. The van der Waals surface area contributed by atoms with Gasteiger partial charge < -0.3 is 19.1 Å². The molecule has 2 bridgehead atoms. The standard InChI is InChI=1S/C20H28I2NO4/c1-3-27-18(24)19(21)14-23(2)11-16(20(19,22)25)9-10-17(23)13-26-12-15-7-5-4-6-8-15/h4-8,16-17,25H,3,9-14H2,1-2H3/q+1. The number of quaternary nitrogens is 1. The number of nitrogens with zero attached hydrogens (tertiary/aromatic N) is 1. The highest BCUT2D eigenvalue weighted by Crippen LogP contribution is 2.53. The van der Waals surface area contributed by atoms with Gasteiger partial charge in [0.2, 0.25) is 3.42 Å². The number of ether oxygens (including phenoxy) is 2. The number of hydrogen-bond donors (Lipinski definition) is 1. The second-order valence-electron chi connectivity index (χ2n) is 7.94. The SMILES string of the molecule is CCOC(=O)C1(I)C[N+]2(C)CC(CCC2COCc2ccccc2)C1(O)I. The van der Waals surface area contributed by atoms with Crippen molar-refractivity contribution in [1.82, 2.24) is 0 Å². The van der Waals surface area contributed by atoms with Crippen LogP contribution in [0.2, 0.25) is 0 Å². The lowest BCUT2D eigenvalue weighted by molar-refractivity contribution is -0.949. The first-order chi connectivity index (χ1) is 12.7. The Balaban J connectivity index is 1.73. The summed E-state index contributed by atoms with van der Waals surface area (Å²) in [5.74, 6) is -0.231. The fraction of sp³-hybridized carbons (Fsp3) is 0.650. The lowest BCUT2D eigenvalue weighted by atomic mass is 9.76. The molecule has 1 aromatic carbocycles. The minimum Gasteiger partial charge on any atom is -0.465 e. The predicted molar refractivity (Wildman–Crippen MR) is 121 cm³/mol. The molecule has 2 aliphatic heterocycles. The number of carbonyl (C=O) groups is 1. The smallest absolute Gasteiger partial charge is 0.331 e. The van der Waals surface area contributed by atoms with Gasteiger partial charge in [-0.25, -0.2) is 0 Å². The quantitative estimate of drug-likeness (QED) is 0.236. The molecule has 0 amide bonds. The number of likely N-dealkylation sites (N-methyl/N-ethyl adjacent to an activating group) is 1. The number of rotatable bonds is 6. The number of aliphatic hydroxyl groups is 1. The fourth-order valence-electron chi connectivity index (χ4n) is 4.49. The molecule has 2 heterocycles. The molecule has 0 radical (unpaired) electrons. The van der Waals surface area contributed by atoms with Crippen LogP contribution in [0.15, 0.2) is 30.3 Å². The second kappa shape index (κ2) is 8.41. The van der Waals surface area contributed by atoms with Gasteiger partial charge in [-0.3, -0.25) is 4.79 Å². The average molecular weight is 600 g/mol. The van der Waals surface area contributed by atoms with Crippen molar-refractivity contribution in [2.24, 2.45) is 5.92 Å². The van der Waals surface area contributed by atoms with Gasteiger partial charge >= 0.3 is 5.97 Å². The Morgan fingerprint density at radius 3 is 2.67 bits per heavy atom. The van der Waals surface area contributed by atoms with Crippen LogP contribution in [-0.2, 0) is 20.9 Å². The fourth-order valence-corrected chi connectivity index (χ4v) is 6.77. The van der Waals surface area contributed by atoms with Crippen molar-refractivity contribution < 1.29 is 23.9 Å². The zero-order chi connectivity index (χ0) is 19.7. The van der Waals surface area contributed by atoms with Crippen molar-refractivity contribution in [1.29, 1.82) is 0 Å². The van der Waals surface area contributed by atoms with Gasteiger partial charge in [-0.15, -0.1) is 0 Å². The lowest BCUT2D eigenvalue weighted by Crippen LogP contribution is -2.76. The summed E-state index contributed by atoms with van der Waals surface area (Å²) >= 11 is 4.24. The highest BCUT2D eigenvalue weighted by atomic mass is 127. The van der Waals surface area contributed by atoms with E-state index in [-0.39, 0.29) is 11.9 Å². The predicted octanol–water partition coefficient (Wildman–Crippen LogP) is 3.30. The van der Waals surface area contributed by atoms with Crippen molar-refractivity contribution >= 4 is 51.2 Å². The molecule has 1 aromatic rings. The number of halogens is 2. The molecule has 2 fully saturated rings. The molecule has 3 rings (SSSR count). The summed E-state index contributed by atoms with van der Waals surface area (Å²) in [6.07, 6.45) is 1.90. The first-order valence-electron chi connectivity index (χ1n) is 9.46. The lowest BCUT2D eigenvalue weighted by Gasteiger charge is -2.59. The van der Waals surface area contributed by atoms with Crippen LogP contribution in [0.4, 0.5) is 0 Å². The van der Waals surface area contributed by atoms with E-state index < -0.39 is 7.03 Å². The number of hydrogen-bond acceptors (Lipinski definition) is 4. The molecule has 5 nitrogen and oxygen atoms in total. The Hall–Kier alpha value is 0.0300. The Kier molecular flexibility index (Phi) is 6.77. The van der Waals surface area contributed by atoms with Crippen molar-refractivity contribution in [2.75, 3.05) is 33.4 Å². The summed E-state index contributed by atoms with van der Waals surface area (Å²) in [4.78, 5) is 12.8. The number of esters is 1. The van der Waals surface area contributed by atoms with E-state index in [2.05, 4.69) is 64.4 Å². The van der Waals surface area contributed by atoms with Gasteiger partial charge in [-0.05, 0) is 41.5 Å². The zero-order valence-electron chi connectivity index (χ0n) is 15.9. The molecule has 2 saturated heterocycles. The highest BCUT2D eigenvalue weighted by molar-refractivity contribution is 14.1. The van der Waals surface area contributed by atoms with Crippen LogP contribution in [-0.4, -0.2) is 62.0 Å². The molecule has 27 heavy (non-hydrogen) atoms. The molecule has 5 unspecified atom stereocenters. The summed E-state index contributed by atoms with van der Waals surface area (Å²) in [5.41, 5.74) is 1.17. The van der Waals surface area contributed by atoms with Gasteiger partial charge in [-0.1, -0.05) is 52.9 Å². The third-order valence-corrected chi connectivity index (χ3v) is 10.5. The summed E-state index contributed by atoms with van der Waals surface area (Å²) < 4.78 is 10.1. The molecule has 0 aromatic heterocycles. The van der Waals surface area contributed by atoms with E-state index in [9.17, 15) is 9.90 Å². The summed E-state index contributed by atoms with van der Waals surface area (Å²) in [5, 5.41) is 11.3. The number of fused-ring (bicyclic) bond motifs is 2. The van der Waals surface area contributed by atoms with Crippen molar-refractivity contribution in [2.45, 2.75) is 39.4 Å². The van der Waals surface area contributed by atoms with Gasteiger partial charge in [-0.2, -0.15) is 0 Å². The molecular formula is C20H28I2NO4+. The van der Waals surface area contributed by atoms with E-state index in [1.807, 2.05) is 25.1 Å². The number of piperidine rings is 2. The van der Waals surface area contributed by atoms with Gasteiger partial charge in [0, 0.05) is 12.3 Å². The first-order valence-corrected chi connectivity index (χ1v) is 11.6. The maximum Gasteiger partial charge on any atom is 0.331 e.